The first-order valence-corrected chi connectivity index (χ1v) is 10.2. The Bertz CT molecular complexity index is 817. The lowest BCUT2D eigenvalue weighted by Crippen LogP contribution is -2.43. The van der Waals surface area contributed by atoms with Crippen LogP contribution < -0.4 is 10.1 Å². The van der Waals surface area contributed by atoms with Crippen LogP contribution in [0.15, 0.2) is 28.8 Å². The number of amides is 2. The highest BCUT2D eigenvalue weighted by Crippen LogP contribution is 2.21. The van der Waals surface area contributed by atoms with Gasteiger partial charge in [-0.15, -0.1) is 0 Å². The summed E-state index contributed by atoms with van der Waals surface area (Å²) in [6.07, 6.45) is 2.35. The van der Waals surface area contributed by atoms with E-state index >= 15 is 0 Å². The topological polar surface area (TPSA) is 84.7 Å². The summed E-state index contributed by atoms with van der Waals surface area (Å²) in [5.41, 5.74) is 2.39. The number of rotatable bonds is 7. The van der Waals surface area contributed by atoms with Crippen molar-refractivity contribution in [3.05, 3.63) is 46.8 Å². The molecule has 156 valence electrons. The van der Waals surface area contributed by atoms with Gasteiger partial charge in [0, 0.05) is 31.1 Å². The lowest BCUT2D eigenvalue weighted by atomic mass is 9.95. The molecular formula is C22H29N3O4. The summed E-state index contributed by atoms with van der Waals surface area (Å²) in [7, 11) is 0. The summed E-state index contributed by atoms with van der Waals surface area (Å²) in [4.78, 5) is 26.7. The van der Waals surface area contributed by atoms with Crippen LogP contribution in [0.2, 0.25) is 0 Å². The van der Waals surface area contributed by atoms with Gasteiger partial charge < -0.3 is 19.5 Å². The third kappa shape index (κ3) is 5.16. The highest BCUT2D eigenvalue weighted by Gasteiger charge is 2.27. The smallest absolute Gasteiger partial charge is 0.253 e. The van der Waals surface area contributed by atoms with E-state index in [1.807, 2.05) is 25.7 Å². The zero-order valence-electron chi connectivity index (χ0n) is 17.4. The molecule has 2 heterocycles. The molecule has 1 saturated heterocycles. The van der Waals surface area contributed by atoms with Crippen LogP contribution in [0.3, 0.4) is 0 Å². The number of carbonyl (C=O) groups is 2. The van der Waals surface area contributed by atoms with Gasteiger partial charge in [-0.05, 0) is 57.4 Å². The number of carbonyl (C=O) groups excluding carboxylic acids is 2. The van der Waals surface area contributed by atoms with E-state index in [4.69, 9.17) is 9.26 Å². The summed E-state index contributed by atoms with van der Waals surface area (Å²) >= 11 is 0. The Labute approximate surface area is 171 Å². The van der Waals surface area contributed by atoms with Crippen molar-refractivity contribution in [1.29, 1.82) is 0 Å². The number of hydrogen-bond donors (Lipinski definition) is 1. The van der Waals surface area contributed by atoms with Gasteiger partial charge in [-0.2, -0.15) is 0 Å². The monoisotopic (exact) mass is 399 g/mol. The molecule has 1 N–H and O–H groups in total. The average molecular weight is 399 g/mol. The summed E-state index contributed by atoms with van der Waals surface area (Å²) in [6.45, 7) is 8.07. The predicted molar refractivity (Wildman–Crippen MR) is 109 cm³/mol. The second-order valence-corrected chi connectivity index (χ2v) is 7.47. The molecule has 3 rings (SSSR count). The fourth-order valence-corrected chi connectivity index (χ4v) is 3.48. The number of piperidine rings is 1. The zero-order valence-corrected chi connectivity index (χ0v) is 17.4. The molecule has 0 bridgehead atoms. The molecule has 7 nitrogen and oxygen atoms in total. The Balaban J connectivity index is 1.51. The fourth-order valence-electron chi connectivity index (χ4n) is 3.48. The van der Waals surface area contributed by atoms with Crippen LogP contribution in [0, 0.1) is 19.8 Å². The van der Waals surface area contributed by atoms with Crippen LogP contribution >= 0.6 is 0 Å². The Morgan fingerprint density at radius 3 is 2.48 bits per heavy atom. The van der Waals surface area contributed by atoms with Crippen LogP contribution in [-0.4, -0.2) is 41.5 Å². The minimum absolute atomic E-state index is 0.00492. The van der Waals surface area contributed by atoms with Crippen molar-refractivity contribution in [2.75, 3.05) is 19.6 Å². The highest BCUT2D eigenvalue weighted by atomic mass is 16.5. The van der Waals surface area contributed by atoms with Gasteiger partial charge in [0.05, 0.1) is 11.3 Å². The van der Waals surface area contributed by atoms with E-state index < -0.39 is 0 Å². The van der Waals surface area contributed by atoms with Crippen molar-refractivity contribution in [3.8, 4) is 5.75 Å². The number of nitrogens with zero attached hydrogens (tertiary/aromatic N) is 2. The first kappa shape index (κ1) is 20.9. The quantitative estimate of drug-likeness (QED) is 0.773. The van der Waals surface area contributed by atoms with E-state index in [9.17, 15) is 9.59 Å². The zero-order chi connectivity index (χ0) is 20.8. The molecular weight excluding hydrogens is 370 g/mol. The minimum atomic E-state index is -0.00492. The van der Waals surface area contributed by atoms with Crippen molar-refractivity contribution in [3.63, 3.8) is 0 Å². The maximum absolute atomic E-state index is 12.8. The molecule has 1 aromatic carbocycles. The molecule has 2 aromatic rings. The molecule has 1 aromatic heterocycles. The van der Waals surface area contributed by atoms with Gasteiger partial charge in [-0.3, -0.25) is 9.59 Å². The van der Waals surface area contributed by atoms with Gasteiger partial charge in [0.25, 0.3) is 5.91 Å². The number of hydrogen-bond acceptors (Lipinski definition) is 5. The molecule has 0 unspecified atom stereocenters. The minimum Gasteiger partial charge on any atom is -0.489 e. The van der Waals surface area contributed by atoms with Gasteiger partial charge in [0.2, 0.25) is 5.91 Å². The second-order valence-electron chi connectivity index (χ2n) is 7.47. The van der Waals surface area contributed by atoms with Crippen molar-refractivity contribution in [2.24, 2.45) is 5.92 Å². The lowest BCUT2D eigenvalue weighted by molar-refractivity contribution is -0.126. The van der Waals surface area contributed by atoms with E-state index in [1.165, 1.54) is 0 Å². The molecule has 1 fully saturated rings. The molecule has 0 saturated carbocycles. The summed E-state index contributed by atoms with van der Waals surface area (Å²) in [5, 5.41) is 6.86. The summed E-state index contributed by atoms with van der Waals surface area (Å²) in [6, 6.07) is 7.17. The third-order valence-corrected chi connectivity index (χ3v) is 5.37. The number of aromatic nitrogens is 1. The largest absolute Gasteiger partial charge is 0.489 e. The second kappa shape index (κ2) is 9.58. The van der Waals surface area contributed by atoms with E-state index in [2.05, 4.69) is 10.5 Å². The third-order valence-electron chi connectivity index (χ3n) is 5.37. The normalized spacial score (nSPS) is 14.7. The van der Waals surface area contributed by atoms with Crippen molar-refractivity contribution in [2.45, 2.75) is 46.6 Å². The molecule has 7 heteroatoms. The van der Waals surface area contributed by atoms with E-state index in [0.29, 0.717) is 50.4 Å². The SMILES string of the molecule is CCCNC(=O)C1CCN(C(=O)c2ccc(OCc3c(C)noc3C)cc2)CC1. The Morgan fingerprint density at radius 1 is 1.21 bits per heavy atom. The number of benzene rings is 1. The highest BCUT2D eigenvalue weighted by molar-refractivity contribution is 5.94. The maximum Gasteiger partial charge on any atom is 0.253 e. The molecule has 0 radical (unpaired) electrons. The molecule has 1 aliphatic rings. The summed E-state index contributed by atoms with van der Waals surface area (Å²) in [5.74, 6) is 1.55. The number of likely N-dealkylation sites (tertiary alicyclic amines) is 1. The predicted octanol–water partition coefficient (Wildman–Crippen LogP) is 3.25. The standard InChI is InChI=1S/C22H29N3O4/c1-4-11-23-21(26)17-9-12-25(13-10-17)22(27)18-5-7-19(8-6-18)28-14-20-15(2)24-29-16(20)3/h5-8,17H,4,9-14H2,1-3H3,(H,23,26). The maximum atomic E-state index is 12.8. The van der Waals surface area contributed by atoms with Gasteiger partial charge in [0.15, 0.2) is 0 Å². The van der Waals surface area contributed by atoms with Crippen molar-refractivity contribution < 1.29 is 18.8 Å². The first-order chi connectivity index (χ1) is 14.0. The molecule has 1 aliphatic heterocycles. The van der Waals surface area contributed by atoms with Gasteiger partial charge in [-0.25, -0.2) is 0 Å². The molecule has 0 aliphatic carbocycles. The van der Waals surface area contributed by atoms with Crippen LogP contribution in [0.25, 0.3) is 0 Å². The molecule has 0 spiro atoms. The number of nitrogens with one attached hydrogen (secondary N) is 1. The van der Waals surface area contributed by atoms with Gasteiger partial charge >= 0.3 is 0 Å². The Morgan fingerprint density at radius 2 is 1.90 bits per heavy atom. The van der Waals surface area contributed by atoms with Crippen LogP contribution in [0.1, 0.15) is 53.6 Å². The van der Waals surface area contributed by atoms with E-state index in [1.54, 1.807) is 24.3 Å². The molecule has 0 atom stereocenters. The summed E-state index contributed by atoms with van der Waals surface area (Å²) < 4.78 is 10.9. The number of ether oxygens (including phenoxy) is 1. The van der Waals surface area contributed by atoms with E-state index in [0.717, 1.165) is 23.4 Å². The Kier molecular flexibility index (Phi) is 6.90. The van der Waals surface area contributed by atoms with Crippen LogP contribution in [0.5, 0.6) is 5.75 Å². The van der Waals surface area contributed by atoms with Gasteiger partial charge in [0.1, 0.15) is 18.1 Å². The van der Waals surface area contributed by atoms with Crippen molar-refractivity contribution in [1.82, 2.24) is 15.4 Å². The lowest BCUT2D eigenvalue weighted by Gasteiger charge is -2.31. The van der Waals surface area contributed by atoms with E-state index in [-0.39, 0.29) is 17.7 Å². The fraction of sp³-hybridized carbons (Fsp3) is 0.500. The average Bonchev–Trinajstić information content (AvgIpc) is 3.07. The molecule has 2 amide bonds. The number of aryl methyl sites for hydroxylation is 2. The van der Waals surface area contributed by atoms with Crippen molar-refractivity contribution >= 4 is 11.8 Å². The first-order valence-electron chi connectivity index (χ1n) is 10.2. The van der Waals surface area contributed by atoms with Crippen LogP contribution in [0.4, 0.5) is 0 Å². The molecule has 29 heavy (non-hydrogen) atoms. The van der Waals surface area contributed by atoms with Crippen LogP contribution in [-0.2, 0) is 11.4 Å². The Hall–Kier alpha value is -2.83. The van der Waals surface area contributed by atoms with Gasteiger partial charge in [-0.1, -0.05) is 12.1 Å².